The monoisotopic (exact) mass is 345 g/mol. The van der Waals surface area contributed by atoms with Crippen molar-refractivity contribution in [1.29, 1.82) is 0 Å². The lowest BCUT2D eigenvalue weighted by atomic mass is 9.50. The van der Waals surface area contributed by atoms with Crippen molar-refractivity contribution in [3.05, 3.63) is 32.9 Å². The number of benzene rings is 1. The molecule has 0 aromatic heterocycles. The van der Waals surface area contributed by atoms with Gasteiger partial charge in [-0.15, -0.1) is 0 Å². The summed E-state index contributed by atoms with van der Waals surface area (Å²) in [6.07, 6.45) is 5.72. The number of fused-ring (bicyclic) bond motifs is 3. The van der Waals surface area contributed by atoms with Gasteiger partial charge in [0.1, 0.15) is 0 Å². The Morgan fingerprint density at radius 3 is 2.52 bits per heavy atom. The molecule has 2 aliphatic rings. The van der Waals surface area contributed by atoms with E-state index in [-0.39, 0.29) is 27.4 Å². The zero-order chi connectivity index (χ0) is 18.6. The second kappa shape index (κ2) is 6.00. The average molecular weight is 345 g/mol. The molecule has 1 aromatic carbocycles. The van der Waals surface area contributed by atoms with Gasteiger partial charge in [-0.05, 0) is 59.5 Å². The molecule has 0 spiro atoms. The highest BCUT2D eigenvalue weighted by Gasteiger charge is 2.51. The molecule has 0 N–H and O–H groups in total. The second-order valence-corrected chi connectivity index (χ2v) is 9.13. The molecule has 4 heteroatoms. The van der Waals surface area contributed by atoms with Crippen molar-refractivity contribution in [3.63, 3.8) is 0 Å². The lowest BCUT2D eigenvalue weighted by Crippen LogP contribution is -2.48. The minimum Gasteiger partial charge on any atom is -0.490 e. The zero-order valence-electron chi connectivity index (χ0n) is 16.4. The minimum atomic E-state index is -0.272. The van der Waals surface area contributed by atoms with Crippen LogP contribution in [0.3, 0.4) is 0 Å². The van der Waals surface area contributed by atoms with Crippen LogP contribution in [0.25, 0.3) is 0 Å². The smallest absolute Gasteiger partial charge is 0.311 e. The van der Waals surface area contributed by atoms with Gasteiger partial charge in [0.25, 0.3) is 0 Å². The molecule has 1 aromatic rings. The maximum Gasteiger partial charge on any atom is 0.311 e. The predicted molar refractivity (Wildman–Crippen MR) is 101 cm³/mol. The first-order chi connectivity index (χ1) is 11.6. The van der Waals surface area contributed by atoms with Crippen LogP contribution in [-0.2, 0) is 11.8 Å². The highest BCUT2D eigenvalue weighted by molar-refractivity contribution is 5.62. The number of nitro groups is 1. The summed E-state index contributed by atoms with van der Waals surface area (Å²) in [6, 6.07) is 1.84. The Hall–Kier alpha value is -1.58. The van der Waals surface area contributed by atoms with E-state index >= 15 is 0 Å². The third-order valence-corrected chi connectivity index (χ3v) is 6.91. The van der Waals surface area contributed by atoms with Gasteiger partial charge in [-0.25, -0.2) is 0 Å². The summed E-state index contributed by atoms with van der Waals surface area (Å²) in [6.45, 7) is 11.3. The maximum atomic E-state index is 11.8. The van der Waals surface area contributed by atoms with Crippen molar-refractivity contribution >= 4 is 5.69 Å². The molecule has 0 bridgehead atoms. The number of rotatable bonds is 3. The van der Waals surface area contributed by atoms with Crippen LogP contribution in [0.4, 0.5) is 5.69 Å². The van der Waals surface area contributed by atoms with Crippen molar-refractivity contribution in [3.8, 4) is 5.75 Å². The van der Waals surface area contributed by atoms with Crippen LogP contribution < -0.4 is 4.74 Å². The van der Waals surface area contributed by atoms with Gasteiger partial charge in [0.2, 0.25) is 5.75 Å². The van der Waals surface area contributed by atoms with Gasteiger partial charge in [0.15, 0.2) is 0 Å². The van der Waals surface area contributed by atoms with Gasteiger partial charge in [0, 0.05) is 11.6 Å². The lowest BCUT2D eigenvalue weighted by Gasteiger charge is -2.54. The molecule has 1 fully saturated rings. The zero-order valence-corrected chi connectivity index (χ0v) is 16.4. The first-order valence-electron chi connectivity index (χ1n) is 9.52. The van der Waals surface area contributed by atoms with E-state index in [4.69, 9.17) is 4.74 Å². The molecule has 25 heavy (non-hydrogen) atoms. The van der Waals surface area contributed by atoms with E-state index in [9.17, 15) is 10.1 Å². The van der Waals surface area contributed by atoms with Crippen LogP contribution >= 0.6 is 0 Å². The van der Waals surface area contributed by atoms with Gasteiger partial charge >= 0.3 is 5.69 Å². The number of hydrogen-bond donors (Lipinski definition) is 0. The van der Waals surface area contributed by atoms with Gasteiger partial charge in [-0.3, -0.25) is 10.1 Å². The summed E-state index contributed by atoms with van der Waals surface area (Å²) in [7, 11) is 1.55. The Bertz CT molecular complexity index is 708. The van der Waals surface area contributed by atoms with E-state index < -0.39 is 0 Å². The van der Waals surface area contributed by atoms with Crippen LogP contribution in [0.5, 0.6) is 5.75 Å². The molecule has 2 aliphatic carbocycles. The van der Waals surface area contributed by atoms with E-state index in [1.807, 2.05) is 6.07 Å². The van der Waals surface area contributed by atoms with Crippen LogP contribution in [0.15, 0.2) is 6.07 Å². The fourth-order valence-electron chi connectivity index (χ4n) is 5.89. The third kappa shape index (κ3) is 2.65. The van der Waals surface area contributed by atoms with Gasteiger partial charge < -0.3 is 4.74 Å². The van der Waals surface area contributed by atoms with Crippen molar-refractivity contribution in [2.45, 2.75) is 78.1 Å². The molecular formula is C21H31NO3. The van der Waals surface area contributed by atoms with Crippen molar-refractivity contribution in [2.75, 3.05) is 7.11 Å². The van der Waals surface area contributed by atoms with Crippen LogP contribution in [0, 0.1) is 21.4 Å². The molecular weight excluding hydrogens is 314 g/mol. The average Bonchev–Trinajstić information content (AvgIpc) is 2.51. The van der Waals surface area contributed by atoms with Crippen LogP contribution in [0.2, 0.25) is 0 Å². The molecule has 138 valence electrons. The van der Waals surface area contributed by atoms with Crippen LogP contribution in [-0.4, -0.2) is 12.0 Å². The molecule has 1 saturated carbocycles. The summed E-state index contributed by atoms with van der Waals surface area (Å²) in [5.74, 6) is 1.26. The molecule has 3 rings (SSSR count). The summed E-state index contributed by atoms with van der Waals surface area (Å²) >= 11 is 0. The normalized spacial score (nSPS) is 27.6. The van der Waals surface area contributed by atoms with E-state index in [0.29, 0.717) is 11.7 Å². The molecule has 2 atom stereocenters. The van der Waals surface area contributed by atoms with Crippen LogP contribution in [0.1, 0.15) is 82.9 Å². The Morgan fingerprint density at radius 2 is 1.96 bits per heavy atom. The second-order valence-electron chi connectivity index (χ2n) is 9.13. The standard InChI is InChI=1S/C21H31NO3/c1-13(2)18-14-8-9-17-20(3,4)10-7-11-21(17,5)15(14)12-16(22(23)24)19(18)25-6/h12-13,17H,7-11H2,1-6H3/t17-,21+/m0/s1. The quantitative estimate of drug-likeness (QED) is 0.517. The van der Waals surface area contributed by atoms with E-state index in [2.05, 4.69) is 34.6 Å². The summed E-state index contributed by atoms with van der Waals surface area (Å²) in [5.41, 5.74) is 4.03. The van der Waals surface area contributed by atoms with Gasteiger partial charge in [-0.2, -0.15) is 0 Å². The summed E-state index contributed by atoms with van der Waals surface area (Å²) in [4.78, 5) is 11.5. The number of nitrogens with zero attached hydrogens (tertiary/aromatic N) is 1. The number of hydrogen-bond acceptors (Lipinski definition) is 3. The summed E-state index contributed by atoms with van der Waals surface area (Å²) < 4.78 is 5.53. The van der Waals surface area contributed by atoms with Gasteiger partial charge in [-0.1, -0.05) is 41.0 Å². The highest BCUT2D eigenvalue weighted by Crippen LogP contribution is 2.59. The Labute approximate surface area is 151 Å². The van der Waals surface area contributed by atoms with Gasteiger partial charge in [0.05, 0.1) is 12.0 Å². The first-order valence-corrected chi connectivity index (χ1v) is 9.52. The Balaban J connectivity index is 2.30. The fraction of sp³-hybridized carbons (Fsp3) is 0.714. The largest absolute Gasteiger partial charge is 0.490 e. The highest BCUT2D eigenvalue weighted by atomic mass is 16.6. The molecule has 0 saturated heterocycles. The Kier molecular flexibility index (Phi) is 4.37. The molecule has 0 amide bonds. The number of methoxy groups -OCH3 is 1. The third-order valence-electron chi connectivity index (χ3n) is 6.91. The molecule has 0 aliphatic heterocycles. The number of ether oxygens (including phenoxy) is 1. The Morgan fingerprint density at radius 1 is 1.28 bits per heavy atom. The van der Waals surface area contributed by atoms with E-state index in [1.54, 1.807) is 7.11 Å². The van der Waals surface area contributed by atoms with E-state index in [0.717, 1.165) is 24.8 Å². The molecule has 4 nitrogen and oxygen atoms in total. The maximum absolute atomic E-state index is 11.8. The summed E-state index contributed by atoms with van der Waals surface area (Å²) in [5, 5.41) is 11.8. The SMILES string of the molecule is COc1c([N+](=O)[O-])cc2c(c1C(C)C)CC[C@H]1C(C)(C)CCC[C@]21C. The molecule has 0 unspecified atom stereocenters. The first kappa shape index (κ1) is 18.2. The van der Waals surface area contributed by atoms with Crippen molar-refractivity contribution in [1.82, 2.24) is 0 Å². The molecule has 0 heterocycles. The van der Waals surface area contributed by atoms with Crippen molar-refractivity contribution < 1.29 is 9.66 Å². The topological polar surface area (TPSA) is 52.4 Å². The minimum absolute atomic E-state index is 0.0238. The molecule has 0 radical (unpaired) electrons. The predicted octanol–water partition coefficient (Wildman–Crippen LogP) is 5.76. The fourth-order valence-corrected chi connectivity index (χ4v) is 5.89. The lowest BCUT2D eigenvalue weighted by molar-refractivity contribution is -0.386. The van der Waals surface area contributed by atoms with Crippen molar-refractivity contribution in [2.24, 2.45) is 11.3 Å². The number of nitro benzene ring substituents is 1. The van der Waals surface area contributed by atoms with E-state index in [1.165, 1.54) is 24.0 Å².